The first-order valence-electron chi connectivity index (χ1n) is 8.93. The van der Waals surface area contributed by atoms with Gasteiger partial charge in [0.1, 0.15) is 11.5 Å². The Hall–Kier alpha value is -2.76. The number of sulfonamides is 1. The zero-order chi connectivity index (χ0) is 21.7. The van der Waals surface area contributed by atoms with Crippen molar-refractivity contribution in [1.29, 1.82) is 0 Å². The van der Waals surface area contributed by atoms with Crippen LogP contribution in [0.2, 0.25) is 0 Å². The Labute approximate surface area is 172 Å². The van der Waals surface area contributed by atoms with E-state index in [1.807, 2.05) is 0 Å². The summed E-state index contributed by atoms with van der Waals surface area (Å²) in [5, 5.41) is 2.57. The molecule has 11 heteroatoms. The standard InChI is InChI=1S/C19H20F2N2O6S/c1-27-17-7-6-15(30(25,26)23-13-8-9-28-11-13)10-16(17)18(24)22-12-2-4-14(5-3-12)29-19(20)21/h2-7,10,13,19,23H,8-9,11H2,1H3,(H,22,24)/t13-/m0/s1. The molecule has 1 aliphatic heterocycles. The first-order chi connectivity index (χ1) is 14.3. The summed E-state index contributed by atoms with van der Waals surface area (Å²) in [6, 6.07) is 8.90. The minimum absolute atomic E-state index is 0.00375. The molecule has 1 saturated heterocycles. The van der Waals surface area contributed by atoms with Gasteiger partial charge < -0.3 is 19.5 Å². The molecule has 0 unspecified atom stereocenters. The third kappa shape index (κ3) is 5.43. The highest BCUT2D eigenvalue weighted by Gasteiger charge is 2.25. The van der Waals surface area contributed by atoms with Crippen molar-refractivity contribution < 1.29 is 36.2 Å². The van der Waals surface area contributed by atoms with Gasteiger partial charge in [0, 0.05) is 18.3 Å². The molecule has 1 aliphatic rings. The van der Waals surface area contributed by atoms with E-state index in [0.717, 1.165) is 0 Å². The summed E-state index contributed by atoms with van der Waals surface area (Å²) in [6.07, 6.45) is 0.563. The van der Waals surface area contributed by atoms with Gasteiger partial charge in [0.2, 0.25) is 10.0 Å². The van der Waals surface area contributed by atoms with Gasteiger partial charge in [0.25, 0.3) is 5.91 Å². The highest BCUT2D eigenvalue weighted by atomic mass is 32.2. The lowest BCUT2D eigenvalue weighted by molar-refractivity contribution is -0.0498. The van der Waals surface area contributed by atoms with Crippen molar-refractivity contribution in [1.82, 2.24) is 4.72 Å². The maximum Gasteiger partial charge on any atom is 0.387 e. The molecule has 0 aromatic heterocycles. The van der Waals surface area contributed by atoms with Crippen molar-refractivity contribution in [3.63, 3.8) is 0 Å². The molecule has 3 rings (SSSR count). The fourth-order valence-electron chi connectivity index (χ4n) is 2.86. The fraction of sp³-hybridized carbons (Fsp3) is 0.316. The van der Waals surface area contributed by atoms with E-state index in [4.69, 9.17) is 9.47 Å². The third-order valence-corrected chi connectivity index (χ3v) is 5.83. The predicted octanol–water partition coefficient (Wildman–Crippen LogP) is 2.62. The van der Waals surface area contributed by atoms with Gasteiger partial charge in [-0.3, -0.25) is 4.79 Å². The molecule has 0 radical (unpaired) electrons. The van der Waals surface area contributed by atoms with Crippen molar-refractivity contribution in [2.45, 2.75) is 24.0 Å². The number of alkyl halides is 2. The van der Waals surface area contributed by atoms with Crippen LogP contribution in [0.25, 0.3) is 0 Å². The van der Waals surface area contributed by atoms with E-state index < -0.39 is 22.5 Å². The number of anilines is 1. The minimum atomic E-state index is -3.87. The number of carbonyl (C=O) groups is 1. The molecule has 0 aliphatic carbocycles. The Morgan fingerprint density at radius 1 is 1.20 bits per heavy atom. The van der Waals surface area contributed by atoms with Crippen LogP contribution in [0.15, 0.2) is 47.4 Å². The molecule has 1 atom stereocenters. The quantitative estimate of drug-likeness (QED) is 0.652. The molecule has 8 nitrogen and oxygen atoms in total. The van der Waals surface area contributed by atoms with E-state index in [2.05, 4.69) is 14.8 Å². The Bertz CT molecular complexity index is 993. The lowest BCUT2D eigenvalue weighted by Gasteiger charge is -2.14. The number of rotatable bonds is 8. The van der Waals surface area contributed by atoms with Crippen LogP contribution in [-0.4, -0.2) is 47.3 Å². The second-order valence-electron chi connectivity index (χ2n) is 6.40. The molecule has 2 N–H and O–H groups in total. The normalized spacial score (nSPS) is 16.5. The van der Waals surface area contributed by atoms with E-state index in [-0.39, 0.29) is 34.6 Å². The van der Waals surface area contributed by atoms with Crippen LogP contribution < -0.4 is 19.5 Å². The Morgan fingerprint density at radius 3 is 2.53 bits per heavy atom. The number of benzene rings is 2. The highest BCUT2D eigenvalue weighted by Crippen LogP contribution is 2.25. The fourth-order valence-corrected chi connectivity index (χ4v) is 4.15. The molecule has 162 valence electrons. The number of methoxy groups -OCH3 is 1. The predicted molar refractivity (Wildman–Crippen MR) is 104 cm³/mol. The number of ether oxygens (including phenoxy) is 3. The molecule has 0 saturated carbocycles. The molecular formula is C19H20F2N2O6S. The lowest BCUT2D eigenvalue weighted by Crippen LogP contribution is -2.35. The van der Waals surface area contributed by atoms with Crippen LogP contribution in [-0.2, 0) is 14.8 Å². The molecule has 1 amide bonds. The molecule has 1 heterocycles. The summed E-state index contributed by atoms with van der Waals surface area (Å²) in [7, 11) is -2.52. The average Bonchev–Trinajstić information content (AvgIpc) is 3.20. The van der Waals surface area contributed by atoms with Crippen LogP contribution >= 0.6 is 0 Å². The number of halogens is 2. The van der Waals surface area contributed by atoms with E-state index in [0.29, 0.717) is 18.7 Å². The van der Waals surface area contributed by atoms with Gasteiger partial charge in [-0.1, -0.05) is 0 Å². The van der Waals surface area contributed by atoms with Gasteiger partial charge in [-0.15, -0.1) is 0 Å². The number of carbonyl (C=O) groups excluding carboxylic acids is 1. The first kappa shape index (κ1) is 21.9. The molecule has 2 aromatic carbocycles. The monoisotopic (exact) mass is 442 g/mol. The van der Waals surface area contributed by atoms with Crippen LogP contribution in [0, 0.1) is 0 Å². The summed E-state index contributed by atoms with van der Waals surface area (Å²) in [5.41, 5.74) is 0.300. The molecule has 2 aromatic rings. The van der Waals surface area contributed by atoms with Crippen LogP contribution in [0.4, 0.5) is 14.5 Å². The third-order valence-electron chi connectivity index (χ3n) is 4.31. The molecule has 30 heavy (non-hydrogen) atoms. The first-order valence-corrected chi connectivity index (χ1v) is 10.4. The van der Waals surface area contributed by atoms with E-state index in [9.17, 15) is 22.0 Å². The van der Waals surface area contributed by atoms with Gasteiger partial charge in [0.15, 0.2) is 0 Å². The maximum atomic E-state index is 12.7. The van der Waals surface area contributed by atoms with Crippen molar-refractivity contribution >= 4 is 21.6 Å². The Morgan fingerprint density at radius 2 is 1.93 bits per heavy atom. The zero-order valence-corrected chi connectivity index (χ0v) is 16.7. The molecule has 0 spiro atoms. The zero-order valence-electron chi connectivity index (χ0n) is 15.9. The topological polar surface area (TPSA) is 103 Å². The van der Waals surface area contributed by atoms with Gasteiger partial charge in [-0.05, 0) is 48.9 Å². The van der Waals surface area contributed by atoms with Crippen molar-refractivity contribution in [2.24, 2.45) is 0 Å². The maximum absolute atomic E-state index is 12.7. The average molecular weight is 442 g/mol. The van der Waals surface area contributed by atoms with Gasteiger partial charge in [-0.25, -0.2) is 13.1 Å². The SMILES string of the molecule is COc1ccc(S(=O)(=O)N[C@H]2CCOC2)cc1C(=O)Nc1ccc(OC(F)F)cc1. The Balaban J connectivity index is 1.79. The number of amides is 1. The van der Waals surface area contributed by atoms with Crippen LogP contribution in [0.1, 0.15) is 16.8 Å². The van der Waals surface area contributed by atoms with E-state index >= 15 is 0 Å². The smallest absolute Gasteiger partial charge is 0.387 e. The highest BCUT2D eigenvalue weighted by molar-refractivity contribution is 7.89. The number of nitrogens with one attached hydrogen (secondary N) is 2. The summed E-state index contributed by atoms with van der Waals surface area (Å²) in [5.74, 6) is -0.514. The Kier molecular flexibility index (Phi) is 6.85. The summed E-state index contributed by atoms with van der Waals surface area (Å²) in [4.78, 5) is 12.6. The van der Waals surface area contributed by atoms with Crippen LogP contribution in [0.3, 0.4) is 0 Å². The van der Waals surface area contributed by atoms with Crippen molar-refractivity contribution in [3.05, 3.63) is 48.0 Å². The number of hydrogen-bond acceptors (Lipinski definition) is 6. The van der Waals surface area contributed by atoms with Gasteiger partial charge in [-0.2, -0.15) is 8.78 Å². The second-order valence-corrected chi connectivity index (χ2v) is 8.11. The minimum Gasteiger partial charge on any atom is -0.496 e. The lowest BCUT2D eigenvalue weighted by atomic mass is 10.2. The van der Waals surface area contributed by atoms with Crippen molar-refractivity contribution in [3.8, 4) is 11.5 Å². The van der Waals surface area contributed by atoms with Gasteiger partial charge in [0.05, 0.1) is 24.2 Å². The summed E-state index contributed by atoms with van der Waals surface area (Å²) < 4.78 is 66.9. The van der Waals surface area contributed by atoms with Gasteiger partial charge >= 0.3 is 6.61 Å². The molecule has 1 fully saturated rings. The second kappa shape index (κ2) is 9.37. The summed E-state index contributed by atoms with van der Waals surface area (Å²) in [6.45, 7) is -2.19. The van der Waals surface area contributed by atoms with Crippen LogP contribution in [0.5, 0.6) is 11.5 Å². The van der Waals surface area contributed by atoms with E-state index in [1.165, 1.54) is 49.6 Å². The molecular weight excluding hydrogens is 422 g/mol. The number of hydrogen-bond donors (Lipinski definition) is 2. The van der Waals surface area contributed by atoms with E-state index in [1.54, 1.807) is 0 Å². The largest absolute Gasteiger partial charge is 0.496 e. The summed E-state index contributed by atoms with van der Waals surface area (Å²) >= 11 is 0. The molecule has 0 bridgehead atoms. The van der Waals surface area contributed by atoms with Crippen molar-refractivity contribution in [2.75, 3.05) is 25.6 Å².